The van der Waals surface area contributed by atoms with E-state index >= 15 is 0 Å². The van der Waals surface area contributed by atoms with E-state index in [0.717, 1.165) is 53.3 Å². The molecule has 2 rings (SSSR count). The average molecular weight is 298 g/mol. The summed E-state index contributed by atoms with van der Waals surface area (Å²) in [5.74, 6) is 0. The highest BCUT2D eigenvalue weighted by molar-refractivity contribution is 5.81. The molecule has 4 heteroatoms. The number of hydrogen-bond acceptors (Lipinski definition) is 4. The fourth-order valence-electron chi connectivity index (χ4n) is 2.62. The minimum atomic E-state index is 0.695. The number of nitrogen functional groups attached to an aromatic ring is 2. The number of aryl methyl sites for hydroxylation is 2. The largest absolute Gasteiger partial charge is 0.397 e. The molecule has 0 bridgehead atoms. The Morgan fingerprint density at radius 2 is 1.32 bits per heavy atom. The summed E-state index contributed by atoms with van der Waals surface area (Å²) < 4.78 is 0. The van der Waals surface area contributed by atoms with Crippen LogP contribution >= 0.6 is 0 Å². The van der Waals surface area contributed by atoms with Crippen molar-refractivity contribution in [2.24, 2.45) is 5.73 Å². The summed E-state index contributed by atoms with van der Waals surface area (Å²) in [5.41, 5.74) is 23.9. The van der Waals surface area contributed by atoms with Gasteiger partial charge in [0.2, 0.25) is 0 Å². The van der Waals surface area contributed by atoms with Gasteiger partial charge in [0.1, 0.15) is 0 Å². The first-order chi connectivity index (χ1) is 10.5. The minimum absolute atomic E-state index is 0.695. The summed E-state index contributed by atoms with van der Waals surface area (Å²) in [4.78, 5) is 2.19. The Balaban J connectivity index is 2.41. The maximum absolute atomic E-state index is 6.24. The summed E-state index contributed by atoms with van der Waals surface area (Å²) in [7, 11) is 0. The molecule has 0 amide bonds. The summed E-state index contributed by atoms with van der Waals surface area (Å²) in [5, 5.41) is 0. The molecule has 0 unspecified atom stereocenters. The first kappa shape index (κ1) is 16.2. The van der Waals surface area contributed by atoms with Gasteiger partial charge < -0.3 is 22.1 Å². The second-order valence-electron chi connectivity index (χ2n) is 5.77. The molecular formula is C18H26N4. The molecule has 0 heterocycles. The summed E-state index contributed by atoms with van der Waals surface area (Å²) in [6.45, 7) is 5.62. The quantitative estimate of drug-likeness (QED) is 0.564. The lowest BCUT2D eigenvalue weighted by Crippen LogP contribution is -2.21. The van der Waals surface area contributed by atoms with Gasteiger partial charge in [-0.25, -0.2) is 0 Å². The highest BCUT2D eigenvalue weighted by Gasteiger charge is 2.14. The molecule has 2 aromatic rings. The Kier molecular flexibility index (Phi) is 5.28. The van der Waals surface area contributed by atoms with Crippen LogP contribution in [0.25, 0.3) is 0 Å². The Hall–Kier alpha value is -2.20. The first-order valence-electron chi connectivity index (χ1n) is 7.73. The third-order valence-electron chi connectivity index (χ3n) is 3.78. The van der Waals surface area contributed by atoms with Crippen LogP contribution in [0.2, 0.25) is 0 Å². The van der Waals surface area contributed by atoms with Crippen molar-refractivity contribution >= 4 is 22.7 Å². The molecule has 0 spiro atoms. The number of unbranched alkanes of at least 4 members (excludes halogenated alkanes) is 1. The molecule has 22 heavy (non-hydrogen) atoms. The van der Waals surface area contributed by atoms with E-state index in [1.54, 1.807) is 0 Å². The molecule has 0 saturated carbocycles. The maximum atomic E-state index is 6.24. The molecule has 118 valence electrons. The highest BCUT2D eigenvalue weighted by Crippen LogP contribution is 2.35. The van der Waals surface area contributed by atoms with Crippen molar-refractivity contribution < 1.29 is 0 Å². The van der Waals surface area contributed by atoms with E-state index in [4.69, 9.17) is 17.2 Å². The van der Waals surface area contributed by atoms with Crippen molar-refractivity contribution in [2.45, 2.75) is 26.7 Å². The highest BCUT2D eigenvalue weighted by atomic mass is 15.2. The van der Waals surface area contributed by atoms with Crippen LogP contribution in [0.5, 0.6) is 0 Å². The molecule has 0 atom stereocenters. The summed E-state index contributed by atoms with van der Waals surface area (Å²) in [6, 6.07) is 12.3. The summed E-state index contributed by atoms with van der Waals surface area (Å²) in [6.07, 6.45) is 1.98. The van der Waals surface area contributed by atoms with Crippen molar-refractivity contribution in [2.75, 3.05) is 29.5 Å². The van der Waals surface area contributed by atoms with Crippen LogP contribution < -0.4 is 22.1 Å². The third kappa shape index (κ3) is 3.71. The Bertz CT molecular complexity index is 585. The lowest BCUT2D eigenvalue weighted by molar-refractivity contribution is 0.742. The second kappa shape index (κ2) is 7.18. The van der Waals surface area contributed by atoms with Crippen LogP contribution in [0.15, 0.2) is 36.4 Å². The Morgan fingerprint density at radius 1 is 0.818 bits per heavy atom. The number of benzene rings is 2. The zero-order valence-electron chi connectivity index (χ0n) is 13.5. The van der Waals surface area contributed by atoms with Gasteiger partial charge in [-0.15, -0.1) is 0 Å². The van der Waals surface area contributed by atoms with Gasteiger partial charge >= 0.3 is 0 Å². The van der Waals surface area contributed by atoms with Crippen molar-refractivity contribution in [3.8, 4) is 0 Å². The van der Waals surface area contributed by atoms with E-state index in [9.17, 15) is 0 Å². The molecule has 2 aromatic carbocycles. The van der Waals surface area contributed by atoms with Crippen molar-refractivity contribution in [1.82, 2.24) is 0 Å². The number of anilines is 4. The van der Waals surface area contributed by atoms with Crippen LogP contribution in [-0.2, 0) is 0 Å². The van der Waals surface area contributed by atoms with Crippen LogP contribution in [-0.4, -0.2) is 13.1 Å². The van der Waals surface area contributed by atoms with E-state index < -0.39 is 0 Å². The van der Waals surface area contributed by atoms with E-state index in [2.05, 4.69) is 29.2 Å². The predicted molar refractivity (Wildman–Crippen MR) is 96.5 cm³/mol. The van der Waals surface area contributed by atoms with Crippen LogP contribution in [0, 0.1) is 13.8 Å². The van der Waals surface area contributed by atoms with Gasteiger partial charge in [0.15, 0.2) is 0 Å². The number of rotatable bonds is 6. The van der Waals surface area contributed by atoms with Gasteiger partial charge in [-0.05, 0) is 68.6 Å². The topological polar surface area (TPSA) is 81.3 Å². The predicted octanol–water partition coefficient (Wildman–Crippen LogP) is 3.34. The average Bonchev–Trinajstić information content (AvgIpc) is 2.45. The van der Waals surface area contributed by atoms with E-state index in [1.165, 1.54) is 0 Å². The Morgan fingerprint density at radius 3 is 1.73 bits per heavy atom. The molecule has 0 aliphatic heterocycles. The molecule has 4 nitrogen and oxygen atoms in total. The fraction of sp³-hybridized carbons (Fsp3) is 0.333. The molecule has 0 saturated heterocycles. The number of nitrogens with zero attached hydrogens (tertiary/aromatic N) is 1. The zero-order valence-corrected chi connectivity index (χ0v) is 13.5. The number of nitrogens with two attached hydrogens (primary N) is 3. The maximum Gasteiger partial charge on any atom is 0.0645 e. The van der Waals surface area contributed by atoms with Crippen LogP contribution in [0.1, 0.15) is 24.0 Å². The fourth-order valence-corrected chi connectivity index (χ4v) is 2.62. The van der Waals surface area contributed by atoms with Gasteiger partial charge in [0.05, 0.1) is 22.7 Å². The molecule has 0 fully saturated rings. The van der Waals surface area contributed by atoms with Gasteiger partial charge in [0.25, 0.3) is 0 Å². The van der Waals surface area contributed by atoms with Crippen molar-refractivity contribution in [3.05, 3.63) is 47.5 Å². The SMILES string of the molecule is Cc1ccc(N(CCCCN)c2ccc(C)cc2N)c(N)c1. The van der Waals surface area contributed by atoms with Crippen molar-refractivity contribution in [3.63, 3.8) is 0 Å². The lowest BCUT2D eigenvalue weighted by atomic mass is 10.1. The van der Waals surface area contributed by atoms with E-state index in [0.29, 0.717) is 6.54 Å². The standard InChI is InChI=1S/C18H26N4/c1-13-5-7-17(15(20)11-13)22(10-4-3-9-19)18-8-6-14(2)12-16(18)21/h5-8,11-12H,3-4,9-10,19-21H2,1-2H3. The molecular weight excluding hydrogens is 272 g/mol. The molecule has 0 aliphatic carbocycles. The Labute approximate surface area is 132 Å². The van der Waals surface area contributed by atoms with Gasteiger partial charge in [-0.3, -0.25) is 0 Å². The summed E-state index contributed by atoms with van der Waals surface area (Å²) >= 11 is 0. The monoisotopic (exact) mass is 298 g/mol. The minimum Gasteiger partial charge on any atom is -0.397 e. The second-order valence-corrected chi connectivity index (χ2v) is 5.77. The first-order valence-corrected chi connectivity index (χ1v) is 7.73. The third-order valence-corrected chi connectivity index (χ3v) is 3.78. The molecule has 0 radical (unpaired) electrons. The number of hydrogen-bond donors (Lipinski definition) is 3. The smallest absolute Gasteiger partial charge is 0.0645 e. The van der Waals surface area contributed by atoms with Gasteiger partial charge in [-0.2, -0.15) is 0 Å². The van der Waals surface area contributed by atoms with E-state index in [1.807, 2.05) is 26.0 Å². The van der Waals surface area contributed by atoms with Crippen LogP contribution in [0.4, 0.5) is 22.7 Å². The van der Waals surface area contributed by atoms with Gasteiger partial charge in [0, 0.05) is 6.54 Å². The van der Waals surface area contributed by atoms with E-state index in [-0.39, 0.29) is 0 Å². The molecule has 0 aliphatic rings. The van der Waals surface area contributed by atoms with Gasteiger partial charge in [-0.1, -0.05) is 12.1 Å². The van der Waals surface area contributed by atoms with Crippen molar-refractivity contribution in [1.29, 1.82) is 0 Å². The molecule has 0 aromatic heterocycles. The lowest BCUT2D eigenvalue weighted by Gasteiger charge is -2.28. The normalized spacial score (nSPS) is 10.7. The zero-order chi connectivity index (χ0) is 16.1. The molecule has 6 N–H and O–H groups in total. The van der Waals surface area contributed by atoms with Crippen LogP contribution in [0.3, 0.4) is 0 Å².